The van der Waals surface area contributed by atoms with E-state index in [1.165, 1.54) is 6.07 Å². The number of nitrogens with two attached hydrogens (primary N) is 1. The van der Waals surface area contributed by atoms with Gasteiger partial charge in [0, 0.05) is 10.5 Å². The van der Waals surface area contributed by atoms with Crippen molar-refractivity contribution >= 4 is 55.5 Å². The minimum Gasteiger partial charge on any atom is -0.369 e. The molecule has 0 fully saturated rings. The molecule has 3 aromatic rings. The van der Waals surface area contributed by atoms with E-state index < -0.39 is 0 Å². The van der Waals surface area contributed by atoms with Crippen molar-refractivity contribution < 1.29 is 4.39 Å². The number of halogens is 3. The summed E-state index contributed by atoms with van der Waals surface area (Å²) in [4.78, 5) is 4.31. The minimum atomic E-state index is -0.275. The molecule has 0 atom stereocenters. The molecular formula is C14H10BrFIN3. The van der Waals surface area contributed by atoms with E-state index in [9.17, 15) is 4.39 Å². The van der Waals surface area contributed by atoms with Crippen LogP contribution in [0.5, 0.6) is 0 Å². The maximum Gasteiger partial charge on any atom is 0.205 e. The van der Waals surface area contributed by atoms with Gasteiger partial charge in [0.15, 0.2) is 0 Å². The molecular weight excluding hydrogens is 436 g/mol. The standard InChI is InChI=1S/C14H10BrFIN3/c1-7-2-3-8(15)12(4-7)20-13-5-9(16)10(17)6-11(13)19-14(20)18/h2-6H,1H3,(H2,18,19). The molecule has 0 amide bonds. The number of imidazole rings is 1. The SMILES string of the molecule is Cc1ccc(Br)c(-n2c(N)nc3cc(I)c(F)cc32)c1. The number of benzene rings is 2. The van der Waals surface area contributed by atoms with Crippen LogP contribution in [-0.4, -0.2) is 9.55 Å². The minimum absolute atomic E-state index is 0.275. The summed E-state index contributed by atoms with van der Waals surface area (Å²) in [6.45, 7) is 1.99. The zero-order chi connectivity index (χ0) is 14.4. The van der Waals surface area contributed by atoms with Gasteiger partial charge >= 0.3 is 0 Å². The van der Waals surface area contributed by atoms with E-state index >= 15 is 0 Å². The third-order valence-electron chi connectivity index (χ3n) is 3.07. The van der Waals surface area contributed by atoms with Crippen LogP contribution < -0.4 is 5.73 Å². The Kier molecular flexibility index (Phi) is 3.45. The average molecular weight is 446 g/mol. The van der Waals surface area contributed by atoms with E-state index in [1.807, 2.05) is 47.7 Å². The zero-order valence-electron chi connectivity index (χ0n) is 10.5. The van der Waals surface area contributed by atoms with Gasteiger partial charge in [-0.15, -0.1) is 0 Å². The summed E-state index contributed by atoms with van der Waals surface area (Å²) >= 11 is 5.45. The molecule has 20 heavy (non-hydrogen) atoms. The van der Waals surface area contributed by atoms with Gasteiger partial charge in [0.05, 0.1) is 20.3 Å². The van der Waals surface area contributed by atoms with Crippen molar-refractivity contribution in [3.63, 3.8) is 0 Å². The van der Waals surface area contributed by atoms with Crippen LogP contribution in [-0.2, 0) is 0 Å². The maximum absolute atomic E-state index is 13.8. The van der Waals surface area contributed by atoms with Crippen LogP contribution in [0, 0.1) is 16.3 Å². The van der Waals surface area contributed by atoms with Crippen molar-refractivity contribution in [2.24, 2.45) is 0 Å². The van der Waals surface area contributed by atoms with E-state index in [1.54, 1.807) is 10.6 Å². The number of aryl methyl sites for hydroxylation is 1. The highest BCUT2D eigenvalue weighted by molar-refractivity contribution is 14.1. The van der Waals surface area contributed by atoms with Crippen molar-refractivity contribution in [2.75, 3.05) is 5.73 Å². The highest BCUT2D eigenvalue weighted by Gasteiger charge is 2.15. The maximum atomic E-state index is 13.8. The van der Waals surface area contributed by atoms with Crippen LogP contribution in [0.4, 0.5) is 10.3 Å². The highest BCUT2D eigenvalue weighted by atomic mass is 127. The van der Waals surface area contributed by atoms with Crippen LogP contribution in [0.3, 0.4) is 0 Å². The van der Waals surface area contributed by atoms with E-state index in [0.717, 1.165) is 15.7 Å². The Morgan fingerprint density at radius 3 is 2.80 bits per heavy atom. The van der Waals surface area contributed by atoms with Gasteiger partial charge in [0.2, 0.25) is 5.95 Å². The number of nitrogen functional groups attached to an aromatic ring is 1. The number of anilines is 1. The summed E-state index contributed by atoms with van der Waals surface area (Å²) in [7, 11) is 0. The Morgan fingerprint density at radius 1 is 1.30 bits per heavy atom. The highest BCUT2D eigenvalue weighted by Crippen LogP contribution is 2.30. The molecule has 0 unspecified atom stereocenters. The number of aromatic nitrogens is 2. The fourth-order valence-electron chi connectivity index (χ4n) is 2.14. The Hall–Kier alpha value is -1.15. The second-order valence-corrected chi connectivity index (χ2v) is 6.53. The normalized spacial score (nSPS) is 11.2. The van der Waals surface area contributed by atoms with Crippen LogP contribution in [0.1, 0.15) is 5.56 Å². The molecule has 3 nitrogen and oxygen atoms in total. The predicted octanol–water partition coefficient (Wildman–Crippen LogP) is 4.42. The Bertz CT molecular complexity index is 829. The molecule has 0 saturated carbocycles. The third-order valence-corrected chi connectivity index (χ3v) is 4.56. The first-order valence-corrected chi connectivity index (χ1v) is 7.74. The summed E-state index contributed by atoms with van der Waals surface area (Å²) in [5.41, 5.74) is 9.30. The van der Waals surface area contributed by atoms with Crippen LogP contribution in [0.25, 0.3) is 16.7 Å². The second kappa shape index (κ2) is 5.00. The van der Waals surface area contributed by atoms with Gasteiger partial charge in [-0.05, 0) is 69.2 Å². The van der Waals surface area contributed by atoms with Crippen molar-refractivity contribution in [1.29, 1.82) is 0 Å². The second-order valence-electron chi connectivity index (χ2n) is 4.52. The molecule has 0 aliphatic carbocycles. The van der Waals surface area contributed by atoms with Crippen LogP contribution in [0.15, 0.2) is 34.8 Å². The lowest BCUT2D eigenvalue weighted by Gasteiger charge is -2.10. The molecule has 2 aromatic carbocycles. The molecule has 0 aliphatic heterocycles. The molecule has 0 saturated heterocycles. The summed E-state index contributed by atoms with van der Waals surface area (Å²) in [6, 6.07) is 9.08. The third kappa shape index (κ3) is 2.20. The zero-order valence-corrected chi connectivity index (χ0v) is 14.2. The molecule has 6 heteroatoms. The van der Waals surface area contributed by atoms with E-state index in [-0.39, 0.29) is 5.82 Å². The lowest BCUT2D eigenvalue weighted by atomic mass is 10.2. The molecule has 0 bridgehead atoms. The monoisotopic (exact) mass is 445 g/mol. The van der Waals surface area contributed by atoms with E-state index in [0.29, 0.717) is 20.6 Å². The molecule has 0 aliphatic rings. The molecule has 102 valence electrons. The van der Waals surface area contributed by atoms with Crippen molar-refractivity contribution in [1.82, 2.24) is 9.55 Å². The summed E-state index contributed by atoms with van der Waals surface area (Å²) in [5.74, 6) is 0.0655. The van der Waals surface area contributed by atoms with Crippen LogP contribution >= 0.6 is 38.5 Å². The topological polar surface area (TPSA) is 43.8 Å². The predicted molar refractivity (Wildman–Crippen MR) is 90.6 cm³/mol. The molecule has 0 spiro atoms. The fraction of sp³-hybridized carbons (Fsp3) is 0.0714. The van der Waals surface area contributed by atoms with Crippen molar-refractivity contribution in [3.8, 4) is 5.69 Å². The lowest BCUT2D eigenvalue weighted by Crippen LogP contribution is -2.02. The Morgan fingerprint density at radius 2 is 2.05 bits per heavy atom. The first-order valence-electron chi connectivity index (χ1n) is 5.87. The summed E-state index contributed by atoms with van der Waals surface area (Å²) < 4.78 is 17.0. The number of nitrogens with zero attached hydrogens (tertiary/aromatic N) is 2. The Balaban J connectivity index is 2.38. The number of hydrogen-bond donors (Lipinski definition) is 1. The smallest absolute Gasteiger partial charge is 0.205 e. The van der Waals surface area contributed by atoms with Gasteiger partial charge in [0.25, 0.3) is 0 Å². The fourth-order valence-corrected chi connectivity index (χ4v) is 3.01. The largest absolute Gasteiger partial charge is 0.369 e. The van der Waals surface area contributed by atoms with Gasteiger partial charge in [-0.2, -0.15) is 0 Å². The Labute approximate surface area is 137 Å². The quantitative estimate of drug-likeness (QED) is 0.563. The van der Waals surface area contributed by atoms with Crippen LogP contribution in [0.2, 0.25) is 0 Å². The van der Waals surface area contributed by atoms with Gasteiger partial charge in [-0.25, -0.2) is 9.37 Å². The molecule has 1 aromatic heterocycles. The van der Waals surface area contributed by atoms with E-state index in [2.05, 4.69) is 20.9 Å². The number of hydrogen-bond acceptors (Lipinski definition) is 2. The van der Waals surface area contributed by atoms with Gasteiger partial charge in [-0.3, -0.25) is 4.57 Å². The average Bonchev–Trinajstić information content (AvgIpc) is 2.69. The number of rotatable bonds is 1. The summed E-state index contributed by atoms with van der Waals surface area (Å²) in [5, 5.41) is 0. The lowest BCUT2D eigenvalue weighted by molar-refractivity contribution is 0.622. The molecule has 3 rings (SSSR count). The first kappa shape index (κ1) is 13.8. The molecule has 2 N–H and O–H groups in total. The molecule has 0 radical (unpaired) electrons. The first-order chi connectivity index (χ1) is 9.47. The number of fused-ring (bicyclic) bond motifs is 1. The van der Waals surface area contributed by atoms with E-state index in [4.69, 9.17) is 5.73 Å². The van der Waals surface area contributed by atoms with Gasteiger partial charge in [-0.1, -0.05) is 6.07 Å². The molecule has 1 heterocycles. The van der Waals surface area contributed by atoms with Crippen molar-refractivity contribution in [2.45, 2.75) is 6.92 Å². The summed E-state index contributed by atoms with van der Waals surface area (Å²) in [6.07, 6.45) is 0. The van der Waals surface area contributed by atoms with Crippen molar-refractivity contribution in [3.05, 3.63) is 49.8 Å². The van der Waals surface area contributed by atoms with Gasteiger partial charge in [0.1, 0.15) is 5.82 Å². The van der Waals surface area contributed by atoms with Gasteiger partial charge < -0.3 is 5.73 Å².